The Hall–Kier alpha value is -1.28. The fraction of sp³-hybridized carbons (Fsp3) is 0.385. The monoisotopic (exact) mass is 203 g/mol. The predicted molar refractivity (Wildman–Crippen MR) is 62.1 cm³/mol. The van der Waals surface area contributed by atoms with Crippen molar-refractivity contribution < 1.29 is 4.74 Å². The molecule has 15 heavy (non-hydrogen) atoms. The van der Waals surface area contributed by atoms with Crippen LogP contribution < -0.4 is 10.5 Å². The van der Waals surface area contributed by atoms with Crippen LogP contribution in [0.1, 0.15) is 18.1 Å². The second-order valence-electron chi connectivity index (χ2n) is 4.03. The van der Waals surface area contributed by atoms with Crippen molar-refractivity contribution in [3.63, 3.8) is 0 Å². The minimum absolute atomic E-state index is 0.141. The average molecular weight is 203 g/mol. The van der Waals surface area contributed by atoms with Crippen LogP contribution in [-0.2, 0) is 12.8 Å². The summed E-state index contributed by atoms with van der Waals surface area (Å²) < 4.78 is 5.46. The Kier molecular flexibility index (Phi) is 3.07. The SMILES string of the molecule is CC(N)/C=C/Cc1ccc2c(c1)CCO2. The summed E-state index contributed by atoms with van der Waals surface area (Å²) in [4.78, 5) is 0. The van der Waals surface area contributed by atoms with Crippen molar-refractivity contribution >= 4 is 0 Å². The van der Waals surface area contributed by atoms with Gasteiger partial charge < -0.3 is 10.5 Å². The molecule has 2 N–H and O–H groups in total. The fourth-order valence-electron chi connectivity index (χ4n) is 1.79. The molecule has 1 heterocycles. The zero-order chi connectivity index (χ0) is 10.7. The number of rotatable bonds is 3. The van der Waals surface area contributed by atoms with E-state index in [2.05, 4.69) is 24.3 Å². The second kappa shape index (κ2) is 4.49. The highest BCUT2D eigenvalue weighted by atomic mass is 16.5. The van der Waals surface area contributed by atoms with E-state index in [1.807, 2.05) is 13.0 Å². The van der Waals surface area contributed by atoms with E-state index in [1.165, 1.54) is 11.1 Å². The molecule has 0 saturated carbocycles. The van der Waals surface area contributed by atoms with Gasteiger partial charge in [-0.1, -0.05) is 24.3 Å². The van der Waals surface area contributed by atoms with Crippen molar-refractivity contribution in [2.24, 2.45) is 5.73 Å². The van der Waals surface area contributed by atoms with Crippen LogP contribution in [-0.4, -0.2) is 12.6 Å². The number of nitrogens with two attached hydrogens (primary N) is 1. The zero-order valence-corrected chi connectivity index (χ0v) is 9.07. The first-order valence-electron chi connectivity index (χ1n) is 5.42. The van der Waals surface area contributed by atoms with Gasteiger partial charge in [0.1, 0.15) is 5.75 Å². The normalized spacial score (nSPS) is 16.4. The van der Waals surface area contributed by atoms with Crippen molar-refractivity contribution in [3.8, 4) is 5.75 Å². The Labute approximate surface area is 90.7 Å². The van der Waals surface area contributed by atoms with E-state index < -0.39 is 0 Å². The van der Waals surface area contributed by atoms with Gasteiger partial charge in [0.2, 0.25) is 0 Å². The molecule has 2 heteroatoms. The van der Waals surface area contributed by atoms with Crippen molar-refractivity contribution in [3.05, 3.63) is 41.5 Å². The second-order valence-corrected chi connectivity index (χ2v) is 4.03. The van der Waals surface area contributed by atoms with Crippen LogP contribution in [0.5, 0.6) is 5.75 Å². The number of benzene rings is 1. The molecule has 2 nitrogen and oxygen atoms in total. The summed E-state index contributed by atoms with van der Waals surface area (Å²) in [5.41, 5.74) is 8.30. The third kappa shape index (κ3) is 2.60. The maximum atomic E-state index is 5.64. The van der Waals surface area contributed by atoms with Crippen molar-refractivity contribution in [1.29, 1.82) is 0 Å². The van der Waals surface area contributed by atoms with Crippen LogP contribution in [0.15, 0.2) is 30.4 Å². The Morgan fingerprint density at radius 1 is 1.53 bits per heavy atom. The highest BCUT2D eigenvalue weighted by Gasteiger charge is 2.11. The highest BCUT2D eigenvalue weighted by molar-refractivity contribution is 5.40. The minimum atomic E-state index is 0.141. The topological polar surface area (TPSA) is 35.2 Å². The molecular formula is C13H17NO. The Morgan fingerprint density at radius 3 is 3.20 bits per heavy atom. The Balaban J connectivity index is 2.04. The molecule has 0 saturated heterocycles. The van der Waals surface area contributed by atoms with Crippen molar-refractivity contribution in [2.75, 3.05) is 6.61 Å². The van der Waals surface area contributed by atoms with E-state index >= 15 is 0 Å². The molecule has 1 aromatic carbocycles. The van der Waals surface area contributed by atoms with Gasteiger partial charge in [-0.3, -0.25) is 0 Å². The van der Waals surface area contributed by atoms with Gasteiger partial charge in [-0.2, -0.15) is 0 Å². The maximum absolute atomic E-state index is 5.64. The molecule has 1 aliphatic heterocycles. The van der Waals surface area contributed by atoms with Crippen LogP contribution in [0.3, 0.4) is 0 Å². The van der Waals surface area contributed by atoms with Gasteiger partial charge in [0, 0.05) is 12.5 Å². The number of hydrogen-bond donors (Lipinski definition) is 1. The zero-order valence-electron chi connectivity index (χ0n) is 9.07. The largest absolute Gasteiger partial charge is 0.493 e. The van der Waals surface area contributed by atoms with Gasteiger partial charge in [0.05, 0.1) is 6.61 Å². The first-order chi connectivity index (χ1) is 7.25. The lowest BCUT2D eigenvalue weighted by Gasteiger charge is -2.01. The fourth-order valence-corrected chi connectivity index (χ4v) is 1.79. The van der Waals surface area contributed by atoms with Gasteiger partial charge in [0.25, 0.3) is 0 Å². The van der Waals surface area contributed by atoms with E-state index in [1.54, 1.807) is 0 Å². The van der Waals surface area contributed by atoms with Gasteiger partial charge in [-0.05, 0) is 30.5 Å². The van der Waals surface area contributed by atoms with E-state index in [4.69, 9.17) is 10.5 Å². The van der Waals surface area contributed by atoms with Crippen molar-refractivity contribution in [2.45, 2.75) is 25.8 Å². The lowest BCUT2D eigenvalue weighted by atomic mass is 10.1. The summed E-state index contributed by atoms with van der Waals surface area (Å²) in [6.07, 6.45) is 6.15. The molecule has 0 aromatic heterocycles. The number of allylic oxidation sites excluding steroid dienone is 1. The number of hydrogen-bond acceptors (Lipinski definition) is 2. The van der Waals surface area contributed by atoms with Gasteiger partial charge in [-0.25, -0.2) is 0 Å². The molecule has 0 amide bonds. The van der Waals surface area contributed by atoms with E-state index in [0.717, 1.165) is 25.2 Å². The van der Waals surface area contributed by atoms with Crippen LogP contribution in [0.2, 0.25) is 0 Å². The van der Waals surface area contributed by atoms with Crippen LogP contribution >= 0.6 is 0 Å². The standard InChI is InChI=1S/C13H17NO/c1-10(14)3-2-4-11-5-6-13-12(9-11)7-8-15-13/h2-3,5-6,9-10H,4,7-8,14H2,1H3/b3-2+. The lowest BCUT2D eigenvalue weighted by molar-refractivity contribution is 0.357. The molecule has 0 aliphatic carbocycles. The molecular weight excluding hydrogens is 186 g/mol. The molecule has 80 valence electrons. The molecule has 1 atom stereocenters. The minimum Gasteiger partial charge on any atom is -0.493 e. The van der Waals surface area contributed by atoms with Crippen LogP contribution in [0.25, 0.3) is 0 Å². The third-order valence-electron chi connectivity index (χ3n) is 2.55. The van der Waals surface area contributed by atoms with E-state index in [-0.39, 0.29) is 6.04 Å². The molecule has 1 unspecified atom stereocenters. The third-order valence-corrected chi connectivity index (χ3v) is 2.55. The predicted octanol–water partition coefficient (Wildman–Crippen LogP) is 2.07. The molecule has 1 aliphatic rings. The van der Waals surface area contributed by atoms with Crippen molar-refractivity contribution in [1.82, 2.24) is 0 Å². The highest BCUT2D eigenvalue weighted by Crippen LogP contribution is 2.25. The van der Waals surface area contributed by atoms with Gasteiger partial charge >= 0.3 is 0 Å². The molecule has 0 fully saturated rings. The first-order valence-corrected chi connectivity index (χ1v) is 5.42. The summed E-state index contributed by atoms with van der Waals surface area (Å²) in [5, 5.41) is 0. The molecule has 1 aromatic rings. The summed E-state index contributed by atoms with van der Waals surface area (Å²) in [6, 6.07) is 6.56. The quantitative estimate of drug-likeness (QED) is 0.763. The average Bonchev–Trinajstić information content (AvgIpc) is 2.64. The maximum Gasteiger partial charge on any atom is 0.122 e. The van der Waals surface area contributed by atoms with Gasteiger partial charge in [0.15, 0.2) is 0 Å². The van der Waals surface area contributed by atoms with Crippen LogP contribution in [0.4, 0.5) is 0 Å². The molecule has 0 radical (unpaired) electrons. The molecule has 0 bridgehead atoms. The van der Waals surface area contributed by atoms with Crippen LogP contribution in [0, 0.1) is 0 Å². The Morgan fingerprint density at radius 2 is 2.40 bits per heavy atom. The summed E-state index contributed by atoms with van der Waals surface area (Å²) >= 11 is 0. The summed E-state index contributed by atoms with van der Waals surface area (Å²) in [7, 11) is 0. The van der Waals surface area contributed by atoms with Gasteiger partial charge in [-0.15, -0.1) is 0 Å². The summed E-state index contributed by atoms with van der Waals surface area (Å²) in [5.74, 6) is 1.05. The summed E-state index contributed by atoms with van der Waals surface area (Å²) in [6.45, 7) is 2.81. The first kappa shape index (κ1) is 10.2. The van der Waals surface area contributed by atoms with E-state index in [9.17, 15) is 0 Å². The Bertz CT molecular complexity index is 369. The molecule has 0 spiro atoms. The smallest absolute Gasteiger partial charge is 0.122 e. The lowest BCUT2D eigenvalue weighted by Crippen LogP contribution is -2.10. The molecule has 2 rings (SSSR count). The van der Waals surface area contributed by atoms with E-state index in [0.29, 0.717) is 0 Å². The number of ether oxygens (including phenoxy) is 1. The number of fused-ring (bicyclic) bond motifs is 1.